The van der Waals surface area contributed by atoms with Gasteiger partial charge >= 0.3 is 0 Å². The van der Waals surface area contributed by atoms with E-state index in [1.54, 1.807) is 12.1 Å². The molecule has 1 atom stereocenters. The summed E-state index contributed by atoms with van der Waals surface area (Å²) in [5.41, 5.74) is 2.53. The van der Waals surface area contributed by atoms with Gasteiger partial charge in [0.15, 0.2) is 0 Å². The smallest absolute Gasteiger partial charge is 0.123 e. The van der Waals surface area contributed by atoms with E-state index in [4.69, 9.17) is 0 Å². The lowest BCUT2D eigenvalue weighted by Crippen LogP contribution is -2.30. The van der Waals surface area contributed by atoms with Crippen molar-refractivity contribution in [2.24, 2.45) is 0 Å². The van der Waals surface area contributed by atoms with Crippen LogP contribution in [0.25, 0.3) is 0 Å². The Balaban J connectivity index is 2.04. The van der Waals surface area contributed by atoms with Gasteiger partial charge in [-0.25, -0.2) is 4.39 Å². The summed E-state index contributed by atoms with van der Waals surface area (Å²) < 4.78 is 12.9. The second-order valence-electron chi connectivity index (χ2n) is 6.37. The largest absolute Gasteiger partial charge is 0.389 e. The van der Waals surface area contributed by atoms with Gasteiger partial charge in [-0.1, -0.05) is 50.2 Å². The first-order valence-electron chi connectivity index (χ1n) is 7.41. The molecule has 21 heavy (non-hydrogen) atoms. The van der Waals surface area contributed by atoms with Crippen LogP contribution in [-0.2, 0) is 12.8 Å². The van der Waals surface area contributed by atoms with Gasteiger partial charge < -0.3 is 5.11 Å². The molecule has 0 aliphatic heterocycles. The minimum Gasteiger partial charge on any atom is -0.389 e. The summed E-state index contributed by atoms with van der Waals surface area (Å²) in [7, 11) is 0. The van der Waals surface area contributed by atoms with Crippen LogP contribution < -0.4 is 0 Å². The zero-order valence-electron chi connectivity index (χ0n) is 12.9. The van der Waals surface area contributed by atoms with E-state index < -0.39 is 5.60 Å². The Morgan fingerprint density at radius 3 is 1.76 bits per heavy atom. The van der Waals surface area contributed by atoms with Gasteiger partial charge in [0.1, 0.15) is 5.82 Å². The van der Waals surface area contributed by atoms with Gasteiger partial charge in [-0.05, 0) is 41.7 Å². The molecule has 0 heterocycles. The molecule has 0 saturated heterocycles. The molecule has 2 aromatic carbocycles. The van der Waals surface area contributed by atoms with Crippen molar-refractivity contribution in [1.82, 2.24) is 0 Å². The van der Waals surface area contributed by atoms with Crippen LogP contribution in [0.1, 0.15) is 43.4 Å². The maximum absolute atomic E-state index is 12.9. The molecule has 1 N–H and O–H groups in total. The molecule has 0 saturated carbocycles. The molecule has 0 aliphatic carbocycles. The molecular weight excluding hydrogens is 263 g/mol. The predicted octanol–water partition coefficient (Wildman–Crippen LogP) is 4.49. The molecule has 2 aromatic rings. The molecule has 0 amide bonds. The monoisotopic (exact) mass is 286 g/mol. The van der Waals surface area contributed by atoms with Crippen molar-refractivity contribution in [1.29, 1.82) is 0 Å². The van der Waals surface area contributed by atoms with Crippen LogP contribution in [0.15, 0.2) is 48.5 Å². The van der Waals surface area contributed by atoms with Crippen molar-refractivity contribution < 1.29 is 9.50 Å². The summed E-state index contributed by atoms with van der Waals surface area (Å²) in [5, 5.41) is 10.6. The standard InChI is InChI=1S/C19H23FO/c1-14(2)17-8-4-15(5-9-17)12-19(3,21)13-16-6-10-18(20)11-7-16/h4-11,14,21H,12-13H2,1-3H3. The van der Waals surface area contributed by atoms with E-state index in [0.29, 0.717) is 18.8 Å². The van der Waals surface area contributed by atoms with E-state index in [1.807, 2.05) is 6.92 Å². The fourth-order valence-electron chi connectivity index (χ4n) is 2.56. The zero-order valence-corrected chi connectivity index (χ0v) is 12.9. The Morgan fingerprint density at radius 2 is 1.33 bits per heavy atom. The quantitative estimate of drug-likeness (QED) is 0.859. The fourth-order valence-corrected chi connectivity index (χ4v) is 2.56. The van der Waals surface area contributed by atoms with Crippen LogP contribution in [-0.4, -0.2) is 10.7 Å². The normalized spacial score (nSPS) is 14.2. The average Bonchev–Trinajstić information content (AvgIpc) is 2.41. The molecule has 0 fully saturated rings. The third-order valence-corrected chi connectivity index (χ3v) is 3.73. The third kappa shape index (κ3) is 4.68. The van der Waals surface area contributed by atoms with E-state index in [9.17, 15) is 9.50 Å². The van der Waals surface area contributed by atoms with Crippen LogP contribution >= 0.6 is 0 Å². The topological polar surface area (TPSA) is 20.2 Å². The first-order valence-corrected chi connectivity index (χ1v) is 7.41. The highest BCUT2D eigenvalue weighted by Crippen LogP contribution is 2.21. The van der Waals surface area contributed by atoms with Crippen LogP contribution in [0.2, 0.25) is 0 Å². The SMILES string of the molecule is CC(C)c1ccc(CC(C)(O)Cc2ccc(F)cc2)cc1. The van der Waals surface area contributed by atoms with Gasteiger partial charge in [-0.15, -0.1) is 0 Å². The Kier molecular flexibility index (Phi) is 4.79. The lowest BCUT2D eigenvalue weighted by Gasteiger charge is -2.24. The highest BCUT2D eigenvalue weighted by molar-refractivity contribution is 5.26. The summed E-state index contributed by atoms with van der Waals surface area (Å²) in [4.78, 5) is 0. The van der Waals surface area contributed by atoms with Gasteiger partial charge in [0, 0.05) is 12.8 Å². The van der Waals surface area contributed by atoms with Crippen molar-refractivity contribution >= 4 is 0 Å². The fraction of sp³-hybridized carbons (Fsp3) is 0.368. The molecule has 112 valence electrons. The Labute approximate surface area is 126 Å². The minimum absolute atomic E-state index is 0.248. The molecular formula is C19H23FO. The van der Waals surface area contributed by atoms with Gasteiger partial charge in [-0.3, -0.25) is 0 Å². The molecule has 2 rings (SSSR count). The highest BCUT2D eigenvalue weighted by Gasteiger charge is 2.21. The van der Waals surface area contributed by atoms with Crippen LogP contribution in [0.5, 0.6) is 0 Å². The van der Waals surface area contributed by atoms with E-state index in [2.05, 4.69) is 38.1 Å². The number of hydrogen-bond donors (Lipinski definition) is 1. The molecule has 1 nitrogen and oxygen atoms in total. The van der Waals surface area contributed by atoms with Crippen molar-refractivity contribution in [2.45, 2.75) is 45.1 Å². The molecule has 2 heteroatoms. The van der Waals surface area contributed by atoms with Crippen molar-refractivity contribution in [2.75, 3.05) is 0 Å². The lowest BCUT2D eigenvalue weighted by atomic mass is 9.89. The van der Waals surface area contributed by atoms with Crippen LogP contribution in [0.3, 0.4) is 0 Å². The van der Waals surface area contributed by atoms with Gasteiger partial charge in [-0.2, -0.15) is 0 Å². The number of aliphatic hydroxyl groups is 1. The Hall–Kier alpha value is -1.67. The maximum atomic E-state index is 12.9. The van der Waals surface area contributed by atoms with Crippen molar-refractivity contribution in [3.63, 3.8) is 0 Å². The summed E-state index contributed by atoms with van der Waals surface area (Å²) in [5.74, 6) is 0.265. The first-order chi connectivity index (χ1) is 9.85. The van der Waals surface area contributed by atoms with Crippen molar-refractivity contribution in [3.8, 4) is 0 Å². The van der Waals surface area contributed by atoms with E-state index >= 15 is 0 Å². The highest BCUT2D eigenvalue weighted by atomic mass is 19.1. The molecule has 0 aromatic heterocycles. The van der Waals surface area contributed by atoms with Gasteiger partial charge in [0.2, 0.25) is 0 Å². The number of benzene rings is 2. The Bertz CT molecular complexity index is 568. The first kappa shape index (κ1) is 15.7. The molecule has 0 aliphatic rings. The summed E-state index contributed by atoms with van der Waals surface area (Å²) in [6.07, 6.45) is 1.10. The lowest BCUT2D eigenvalue weighted by molar-refractivity contribution is 0.0608. The predicted molar refractivity (Wildman–Crippen MR) is 85.0 cm³/mol. The molecule has 1 unspecified atom stereocenters. The van der Waals surface area contributed by atoms with E-state index in [1.165, 1.54) is 17.7 Å². The zero-order chi connectivity index (χ0) is 15.5. The van der Waals surface area contributed by atoms with Gasteiger partial charge in [0.25, 0.3) is 0 Å². The van der Waals surface area contributed by atoms with Crippen LogP contribution in [0, 0.1) is 5.82 Å². The van der Waals surface area contributed by atoms with Gasteiger partial charge in [0.05, 0.1) is 5.60 Å². The second-order valence-corrected chi connectivity index (χ2v) is 6.37. The molecule has 0 spiro atoms. The average molecular weight is 286 g/mol. The number of hydrogen-bond acceptors (Lipinski definition) is 1. The molecule has 0 radical (unpaired) electrons. The maximum Gasteiger partial charge on any atom is 0.123 e. The third-order valence-electron chi connectivity index (χ3n) is 3.73. The minimum atomic E-state index is -0.836. The number of rotatable bonds is 5. The second kappa shape index (κ2) is 6.40. The van der Waals surface area contributed by atoms with E-state index in [0.717, 1.165) is 11.1 Å². The summed E-state index contributed by atoms with van der Waals surface area (Å²) in [6.45, 7) is 6.16. The van der Waals surface area contributed by atoms with Crippen LogP contribution in [0.4, 0.5) is 4.39 Å². The summed E-state index contributed by atoms with van der Waals surface area (Å²) >= 11 is 0. The van der Waals surface area contributed by atoms with E-state index in [-0.39, 0.29) is 5.82 Å². The summed E-state index contributed by atoms with van der Waals surface area (Å²) in [6, 6.07) is 14.7. The van der Waals surface area contributed by atoms with Crippen molar-refractivity contribution in [3.05, 3.63) is 71.0 Å². The number of halogens is 1. The Morgan fingerprint density at radius 1 is 0.905 bits per heavy atom. The molecule has 0 bridgehead atoms.